The SMILES string of the molecule is O=C(Nc1cccc(S(=O)(=O)Nc2ccccc2)c1)c1cccc(Cl)n1. The first-order valence-electron chi connectivity index (χ1n) is 7.56. The Morgan fingerprint density at radius 3 is 2.31 bits per heavy atom. The average Bonchev–Trinajstić information content (AvgIpc) is 2.62. The number of nitrogens with one attached hydrogen (secondary N) is 2. The monoisotopic (exact) mass is 387 g/mol. The number of para-hydroxylation sites is 1. The van der Waals surface area contributed by atoms with Gasteiger partial charge in [0.25, 0.3) is 15.9 Å². The number of benzene rings is 2. The van der Waals surface area contributed by atoms with Crippen molar-refractivity contribution in [3.05, 3.63) is 83.6 Å². The van der Waals surface area contributed by atoms with E-state index >= 15 is 0 Å². The number of nitrogens with zero attached hydrogens (tertiary/aromatic N) is 1. The number of hydrogen-bond donors (Lipinski definition) is 2. The van der Waals surface area contributed by atoms with Crippen molar-refractivity contribution >= 4 is 38.9 Å². The van der Waals surface area contributed by atoms with Crippen molar-refractivity contribution < 1.29 is 13.2 Å². The van der Waals surface area contributed by atoms with Gasteiger partial charge < -0.3 is 5.32 Å². The van der Waals surface area contributed by atoms with Crippen molar-refractivity contribution in [3.63, 3.8) is 0 Å². The maximum Gasteiger partial charge on any atom is 0.274 e. The fourth-order valence-electron chi connectivity index (χ4n) is 2.19. The minimum atomic E-state index is -3.78. The molecule has 3 aromatic rings. The Bertz CT molecular complexity index is 1040. The molecule has 132 valence electrons. The van der Waals surface area contributed by atoms with Crippen LogP contribution in [0.3, 0.4) is 0 Å². The van der Waals surface area contributed by atoms with Crippen LogP contribution in [0, 0.1) is 0 Å². The van der Waals surface area contributed by atoms with E-state index in [1.54, 1.807) is 54.6 Å². The van der Waals surface area contributed by atoms with Crippen molar-refractivity contribution in [2.75, 3.05) is 10.0 Å². The van der Waals surface area contributed by atoms with Crippen molar-refractivity contribution in [1.82, 2.24) is 4.98 Å². The number of pyridine rings is 1. The Kier molecular flexibility index (Phi) is 5.20. The normalized spacial score (nSPS) is 11.0. The summed E-state index contributed by atoms with van der Waals surface area (Å²) in [5, 5.41) is 2.80. The van der Waals surface area contributed by atoms with E-state index in [0.717, 1.165) is 0 Å². The van der Waals surface area contributed by atoms with E-state index in [9.17, 15) is 13.2 Å². The number of hydrogen-bond acceptors (Lipinski definition) is 4. The molecule has 1 amide bonds. The molecule has 6 nitrogen and oxygen atoms in total. The summed E-state index contributed by atoms with van der Waals surface area (Å²) in [6.45, 7) is 0. The van der Waals surface area contributed by atoms with Crippen LogP contribution in [0.1, 0.15) is 10.5 Å². The summed E-state index contributed by atoms with van der Waals surface area (Å²) in [7, 11) is -3.78. The topological polar surface area (TPSA) is 88.2 Å². The molecular weight excluding hydrogens is 374 g/mol. The molecule has 1 heterocycles. The molecule has 0 saturated carbocycles. The fraction of sp³-hybridized carbons (Fsp3) is 0. The zero-order valence-electron chi connectivity index (χ0n) is 13.4. The highest BCUT2D eigenvalue weighted by atomic mass is 35.5. The van der Waals surface area contributed by atoms with Gasteiger partial charge in [-0.2, -0.15) is 0 Å². The largest absolute Gasteiger partial charge is 0.321 e. The lowest BCUT2D eigenvalue weighted by Crippen LogP contribution is -2.15. The zero-order valence-corrected chi connectivity index (χ0v) is 15.0. The molecule has 0 saturated heterocycles. The molecule has 0 atom stereocenters. The molecule has 26 heavy (non-hydrogen) atoms. The van der Waals surface area contributed by atoms with Crippen LogP contribution >= 0.6 is 11.6 Å². The van der Waals surface area contributed by atoms with E-state index in [2.05, 4.69) is 15.0 Å². The maximum atomic E-state index is 12.5. The fourth-order valence-corrected chi connectivity index (χ4v) is 3.46. The number of rotatable bonds is 5. The molecule has 0 aliphatic heterocycles. The lowest BCUT2D eigenvalue weighted by atomic mass is 10.3. The predicted molar refractivity (Wildman–Crippen MR) is 101 cm³/mol. The minimum Gasteiger partial charge on any atom is -0.321 e. The van der Waals surface area contributed by atoms with Gasteiger partial charge in [0.2, 0.25) is 0 Å². The molecule has 0 fully saturated rings. The molecule has 0 spiro atoms. The van der Waals surface area contributed by atoms with Crippen LogP contribution < -0.4 is 10.0 Å². The molecule has 0 bridgehead atoms. The van der Waals surface area contributed by atoms with Gasteiger partial charge in [0.15, 0.2) is 0 Å². The predicted octanol–water partition coefficient (Wildman–Crippen LogP) is 3.79. The molecule has 0 aliphatic rings. The van der Waals surface area contributed by atoms with Gasteiger partial charge in [-0.1, -0.05) is 41.9 Å². The zero-order chi connectivity index (χ0) is 18.6. The third-order valence-corrected chi connectivity index (χ3v) is 4.97. The summed E-state index contributed by atoms with van der Waals surface area (Å²) >= 11 is 5.78. The van der Waals surface area contributed by atoms with Crippen LogP contribution in [0.4, 0.5) is 11.4 Å². The van der Waals surface area contributed by atoms with Gasteiger partial charge in [0.1, 0.15) is 10.8 Å². The van der Waals surface area contributed by atoms with Crippen molar-refractivity contribution in [2.45, 2.75) is 4.90 Å². The Balaban J connectivity index is 1.80. The highest BCUT2D eigenvalue weighted by Crippen LogP contribution is 2.19. The average molecular weight is 388 g/mol. The van der Waals surface area contributed by atoms with Gasteiger partial charge in [-0.25, -0.2) is 13.4 Å². The third kappa shape index (κ3) is 4.38. The number of aromatic nitrogens is 1. The van der Waals surface area contributed by atoms with E-state index < -0.39 is 15.9 Å². The van der Waals surface area contributed by atoms with E-state index in [4.69, 9.17) is 11.6 Å². The summed E-state index contributed by atoms with van der Waals surface area (Å²) in [4.78, 5) is 16.2. The van der Waals surface area contributed by atoms with Crippen LogP contribution in [-0.4, -0.2) is 19.3 Å². The van der Waals surface area contributed by atoms with Gasteiger partial charge in [-0.15, -0.1) is 0 Å². The summed E-state index contributed by atoms with van der Waals surface area (Å²) in [6, 6.07) is 19.2. The van der Waals surface area contributed by atoms with Gasteiger partial charge in [0, 0.05) is 11.4 Å². The van der Waals surface area contributed by atoms with Crippen LogP contribution in [-0.2, 0) is 10.0 Å². The highest BCUT2D eigenvalue weighted by molar-refractivity contribution is 7.92. The second kappa shape index (κ2) is 7.55. The Morgan fingerprint density at radius 2 is 1.58 bits per heavy atom. The quantitative estimate of drug-likeness (QED) is 0.652. The first-order valence-corrected chi connectivity index (χ1v) is 9.42. The molecule has 8 heteroatoms. The summed E-state index contributed by atoms with van der Waals surface area (Å²) in [5.41, 5.74) is 0.908. The second-order valence-electron chi connectivity index (χ2n) is 5.30. The van der Waals surface area contributed by atoms with Crippen molar-refractivity contribution in [1.29, 1.82) is 0 Å². The molecular formula is C18H14ClN3O3S. The Hall–Kier alpha value is -2.90. The van der Waals surface area contributed by atoms with Crippen LogP contribution in [0.15, 0.2) is 77.7 Å². The molecule has 0 unspecified atom stereocenters. The van der Waals surface area contributed by atoms with Gasteiger partial charge in [0.05, 0.1) is 4.90 Å². The molecule has 2 N–H and O–H groups in total. The molecule has 2 aromatic carbocycles. The smallest absolute Gasteiger partial charge is 0.274 e. The Morgan fingerprint density at radius 1 is 0.885 bits per heavy atom. The molecule has 0 radical (unpaired) electrons. The first-order chi connectivity index (χ1) is 12.4. The van der Waals surface area contributed by atoms with E-state index in [-0.39, 0.29) is 15.7 Å². The molecule has 0 aliphatic carbocycles. The maximum absolute atomic E-state index is 12.5. The molecule has 3 rings (SSSR count). The first kappa shape index (κ1) is 17.9. The Labute approximate surface area is 155 Å². The summed E-state index contributed by atoms with van der Waals surface area (Å²) in [5.74, 6) is -0.488. The number of carbonyl (C=O) groups excluding carboxylic acids is 1. The number of halogens is 1. The van der Waals surface area contributed by atoms with E-state index in [1.165, 1.54) is 18.2 Å². The lowest BCUT2D eigenvalue weighted by Gasteiger charge is -2.10. The highest BCUT2D eigenvalue weighted by Gasteiger charge is 2.16. The van der Waals surface area contributed by atoms with E-state index in [0.29, 0.717) is 11.4 Å². The second-order valence-corrected chi connectivity index (χ2v) is 7.37. The lowest BCUT2D eigenvalue weighted by molar-refractivity contribution is 0.102. The third-order valence-electron chi connectivity index (χ3n) is 3.38. The number of sulfonamides is 1. The van der Waals surface area contributed by atoms with Gasteiger partial charge >= 0.3 is 0 Å². The number of anilines is 2. The summed E-state index contributed by atoms with van der Waals surface area (Å²) < 4.78 is 27.5. The van der Waals surface area contributed by atoms with Crippen molar-refractivity contribution in [2.24, 2.45) is 0 Å². The van der Waals surface area contributed by atoms with Crippen LogP contribution in [0.2, 0.25) is 5.15 Å². The van der Waals surface area contributed by atoms with Crippen LogP contribution in [0.5, 0.6) is 0 Å². The van der Waals surface area contributed by atoms with Crippen molar-refractivity contribution in [3.8, 4) is 0 Å². The van der Waals surface area contributed by atoms with Gasteiger partial charge in [-0.05, 0) is 42.5 Å². The minimum absolute atomic E-state index is 0.0261. The number of amides is 1. The van der Waals surface area contributed by atoms with E-state index in [1.807, 2.05) is 0 Å². The summed E-state index contributed by atoms with van der Waals surface area (Å²) in [6.07, 6.45) is 0. The number of carbonyl (C=O) groups is 1. The van der Waals surface area contributed by atoms with Gasteiger partial charge in [-0.3, -0.25) is 9.52 Å². The molecule has 1 aromatic heterocycles. The standard InChI is InChI=1S/C18H14ClN3O3S/c19-17-11-5-10-16(21-17)18(23)20-14-8-4-9-15(12-14)26(24,25)22-13-6-2-1-3-7-13/h1-12,22H,(H,20,23). The van der Waals surface area contributed by atoms with Crippen LogP contribution in [0.25, 0.3) is 0 Å².